The summed E-state index contributed by atoms with van der Waals surface area (Å²) >= 11 is 1.73. The van der Waals surface area contributed by atoms with Crippen LogP contribution in [0.4, 0.5) is 0 Å². The number of pyridine rings is 1. The SMILES string of the molecule is CC(C)n1cnc([C@@H]2CN(Cc3ccsc3)C[C@]23CCN(Cc2cccnc2)C3=O)c1. The van der Waals surface area contributed by atoms with Crippen molar-refractivity contribution in [2.75, 3.05) is 19.6 Å². The largest absolute Gasteiger partial charge is 0.338 e. The van der Waals surface area contributed by atoms with Gasteiger partial charge in [-0.25, -0.2) is 4.98 Å². The van der Waals surface area contributed by atoms with Crippen molar-refractivity contribution in [2.24, 2.45) is 5.41 Å². The van der Waals surface area contributed by atoms with Crippen molar-refractivity contribution < 1.29 is 4.79 Å². The molecule has 0 radical (unpaired) electrons. The molecule has 3 aromatic heterocycles. The van der Waals surface area contributed by atoms with Crippen LogP contribution in [0, 0.1) is 5.41 Å². The van der Waals surface area contributed by atoms with Crippen LogP contribution in [-0.2, 0) is 17.9 Å². The second kappa shape index (κ2) is 8.20. The molecule has 162 valence electrons. The first-order valence-electron chi connectivity index (χ1n) is 11.0. The minimum Gasteiger partial charge on any atom is -0.338 e. The normalized spacial score (nSPS) is 24.2. The molecule has 1 amide bonds. The van der Waals surface area contributed by atoms with Crippen LogP contribution in [-0.4, -0.2) is 49.9 Å². The van der Waals surface area contributed by atoms with E-state index in [-0.39, 0.29) is 11.8 Å². The number of nitrogens with zero attached hydrogens (tertiary/aromatic N) is 5. The van der Waals surface area contributed by atoms with E-state index in [0.29, 0.717) is 12.6 Å². The highest BCUT2D eigenvalue weighted by Gasteiger charge is 2.57. The molecular formula is C24H29N5OS. The zero-order valence-electron chi connectivity index (χ0n) is 18.1. The summed E-state index contributed by atoms with van der Waals surface area (Å²) < 4.78 is 2.15. The first-order valence-corrected chi connectivity index (χ1v) is 11.9. The summed E-state index contributed by atoms with van der Waals surface area (Å²) in [6.45, 7) is 8.31. The number of carbonyl (C=O) groups is 1. The van der Waals surface area contributed by atoms with Gasteiger partial charge in [0.15, 0.2) is 0 Å². The summed E-state index contributed by atoms with van der Waals surface area (Å²) in [6.07, 6.45) is 8.59. The lowest BCUT2D eigenvalue weighted by molar-refractivity contribution is -0.136. The Morgan fingerprint density at radius 3 is 2.87 bits per heavy atom. The van der Waals surface area contributed by atoms with Crippen molar-refractivity contribution in [3.8, 4) is 0 Å². The number of amides is 1. The number of aromatic nitrogens is 3. The number of imidazole rings is 1. The number of thiophene rings is 1. The molecular weight excluding hydrogens is 406 g/mol. The highest BCUT2D eigenvalue weighted by atomic mass is 32.1. The van der Waals surface area contributed by atoms with Crippen molar-refractivity contribution in [2.45, 2.75) is 45.3 Å². The highest BCUT2D eigenvalue weighted by Crippen LogP contribution is 2.50. The molecule has 3 aromatic rings. The van der Waals surface area contributed by atoms with Gasteiger partial charge in [-0.3, -0.25) is 14.7 Å². The Bertz CT molecular complexity index is 1030. The van der Waals surface area contributed by atoms with Gasteiger partial charge in [-0.15, -0.1) is 0 Å². The van der Waals surface area contributed by atoms with Crippen LogP contribution in [0.15, 0.2) is 53.9 Å². The maximum absolute atomic E-state index is 13.9. The molecule has 0 unspecified atom stereocenters. The number of carbonyl (C=O) groups excluding carboxylic acids is 1. The number of likely N-dealkylation sites (tertiary alicyclic amines) is 2. The van der Waals surface area contributed by atoms with Crippen LogP contribution in [0.5, 0.6) is 0 Å². The molecule has 31 heavy (non-hydrogen) atoms. The third-order valence-corrected chi connectivity index (χ3v) is 7.54. The van der Waals surface area contributed by atoms with Crippen molar-refractivity contribution in [1.29, 1.82) is 0 Å². The Kier molecular flexibility index (Phi) is 5.40. The molecule has 7 heteroatoms. The molecule has 2 aliphatic rings. The fraction of sp³-hybridized carbons (Fsp3) is 0.458. The molecule has 2 saturated heterocycles. The van der Waals surface area contributed by atoms with Crippen LogP contribution in [0.1, 0.15) is 49.0 Å². The maximum atomic E-state index is 13.9. The van der Waals surface area contributed by atoms with Crippen molar-refractivity contribution >= 4 is 17.2 Å². The van der Waals surface area contributed by atoms with E-state index in [1.54, 1.807) is 17.5 Å². The molecule has 1 spiro atoms. The second-order valence-electron chi connectivity index (χ2n) is 9.19. The summed E-state index contributed by atoms with van der Waals surface area (Å²) in [6, 6.07) is 6.53. The standard InChI is InChI=1S/C24H29N5OS/c1-18(2)29-14-22(26-17-29)21-13-27(11-20-5-9-31-15-20)16-24(21)6-8-28(23(24)30)12-19-4-3-7-25-10-19/h3-5,7,9-10,14-15,17-18,21H,6,8,11-13,16H2,1-2H3/t21-,24+/m0/s1. The van der Waals surface area contributed by atoms with Crippen LogP contribution in [0.25, 0.3) is 0 Å². The van der Waals surface area contributed by atoms with Crippen LogP contribution in [0.3, 0.4) is 0 Å². The average molecular weight is 436 g/mol. The average Bonchev–Trinajstić information content (AvgIpc) is 3.55. The van der Waals surface area contributed by atoms with Gasteiger partial charge in [-0.05, 0) is 54.3 Å². The van der Waals surface area contributed by atoms with Crippen LogP contribution in [0.2, 0.25) is 0 Å². The van der Waals surface area contributed by atoms with Gasteiger partial charge in [0.05, 0.1) is 17.4 Å². The van der Waals surface area contributed by atoms with Gasteiger partial charge < -0.3 is 9.47 Å². The third-order valence-electron chi connectivity index (χ3n) is 6.81. The number of rotatable bonds is 6. The maximum Gasteiger partial charge on any atom is 0.231 e. The summed E-state index contributed by atoms with van der Waals surface area (Å²) in [5, 5.41) is 4.33. The monoisotopic (exact) mass is 435 g/mol. The topological polar surface area (TPSA) is 54.3 Å². The Morgan fingerprint density at radius 2 is 2.16 bits per heavy atom. The predicted octanol–water partition coefficient (Wildman–Crippen LogP) is 3.94. The molecule has 0 aromatic carbocycles. The zero-order valence-corrected chi connectivity index (χ0v) is 19.0. The second-order valence-corrected chi connectivity index (χ2v) is 9.97. The third kappa shape index (κ3) is 3.81. The van der Waals surface area contributed by atoms with E-state index < -0.39 is 5.41 Å². The molecule has 2 fully saturated rings. The number of hydrogen-bond acceptors (Lipinski definition) is 5. The van der Waals surface area contributed by atoms with Crippen LogP contribution < -0.4 is 0 Å². The smallest absolute Gasteiger partial charge is 0.231 e. The van der Waals surface area contributed by atoms with Crippen molar-refractivity contribution in [3.63, 3.8) is 0 Å². The minimum atomic E-state index is -0.394. The van der Waals surface area contributed by atoms with Gasteiger partial charge in [0.25, 0.3) is 0 Å². The summed E-state index contributed by atoms with van der Waals surface area (Å²) in [7, 11) is 0. The predicted molar refractivity (Wildman–Crippen MR) is 122 cm³/mol. The Balaban J connectivity index is 1.43. The van der Waals surface area contributed by atoms with Gasteiger partial charge in [0.1, 0.15) is 0 Å². The lowest BCUT2D eigenvalue weighted by atomic mass is 9.75. The number of hydrogen-bond donors (Lipinski definition) is 0. The Morgan fingerprint density at radius 1 is 1.26 bits per heavy atom. The Labute approximate surface area is 187 Å². The molecule has 0 saturated carbocycles. The molecule has 0 N–H and O–H groups in total. The van der Waals surface area contributed by atoms with Gasteiger partial charge in [-0.2, -0.15) is 11.3 Å². The summed E-state index contributed by atoms with van der Waals surface area (Å²) in [4.78, 5) is 27.3. The molecule has 0 aliphatic carbocycles. The fourth-order valence-corrected chi connectivity index (χ4v) is 5.81. The molecule has 2 aliphatic heterocycles. The minimum absolute atomic E-state index is 0.123. The van der Waals surface area contributed by atoms with Gasteiger partial charge in [0.2, 0.25) is 5.91 Å². The molecule has 5 rings (SSSR count). The van der Waals surface area contributed by atoms with Gasteiger partial charge in [-0.1, -0.05) is 6.07 Å². The first kappa shape index (κ1) is 20.4. The van der Waals surface area contributed by atoms with E-state index in [0.717, 1.165) is 43.9 Å². The van der Waals surface area contributed by atoms with Crippen molar-refractivity contribution in [1.82, 2.24) is 24.3 Å². The highest BCUT2D eigenvalue weighted by molar-refractivity contribution is 7.07. The zero-order chi connectivity index (χ0) is 21.4. The lowest BCUT2D eigenvalue weighted by Gasteiger charge is -2.28. The summed E-state index contributed by atoms with van der Waals surface area (Å²) in [5.74, 6) is 0.394. The van der Waals surface area contributed by atoms with Gasteiger partial charge >= 0.3 is 0 Å². The van der Waals surface area contributed by atoms with Crippen molar-refractivity contribution in [3.05, 3.63) is 70.7 Å². The summed E-state index contributed by atoms with van der Waals surface area (Å²) in [5.41, 5.74) is 3.07. The molecule has 6 nitrogen and oxygen atoms in total. The van der Waals surface area contributed by atoms with E-state index in [2.05, 4.69) is 51.3 Å². The van der Waals surface area contributed by atoms with E-state index in [9.17, 15) is 4.79 Å². The van der Waals surface area contributed by atoms with E-state index in [4.69, 9.17) is 4.98 Å². The lowest BCUT2D eigenvalue weighted by Crippen LogP contribution is -2.39. The van der Waals surface area contributed by atoms with Gasteiger partial charge in [0, 0.05) is 63.3 Å². The van der Waals surface area contributed by atoms with E-state index >= 15 is 0 Å². The van der Waals surface area contributed by atoms with E-state index in [1.807, 2.05) is 29.6 Å². The van der Waals surface area contributed by atoms with E-state index in [1.165, 1.54) is 5.56 Å². The first-order chi connectivity index (χ1) is 15.0. The molecule has 2 atom stereocenters. The quantitative estimate of drug-likeness (QED) is 0.589. The molecule has 5 heterocycles. The Hall–Kier alpha value is -2.51. The molecule has 0 bridgehead atoms. The van der Waals surface area contributed by atoms with Crippen LogP contribution >= 0.6 is 11.3 Å². The fourth-order valence-electron chi connectivity index (χ4n) is 5.15.